The molecule has 128 valence electrons. The fourth-order valence-electron chi connectivity index (χ4n) is 2.06. The molecule has 0 unspecified atom stereocenters. The summed E-state index contributed by atoms with van der Waals surface area (Å²) in [6.45, 7) is 8.33. The molecule has 2 N–H and O–H groups in total. The summed E-state index contributed by atoms with van der Waals surface area (Å²) >= 11 is 0. The summed E-state index contributed by atoms with van der Waals surface area (Å²) in [6, 6.07) is 7.69. The topological polar surface area (TPSA) is 67.4 Å². The van der Waals surface area contributed by atoms with E-state index in [1.807, 2.05) is 38.1 Å². The molecule has 0 heterocycles. The minimum absolute atomic E-state index is 0.249. The maximum atomic E-state index is 12.3. The molecular formula is C18H28N2O3. The zero-order valence-electron chi connectivity index (χ0n) is 14.7. The molecule has 5 nitrogen and oxygen atoms in total. The number of carbonyl (C=O) groups is 2. The Bertz CT molecular complexity index is 539. The first-order chi connectivity index (χ1) is 10.8. The van der Waals surface area contributed by atoms with E-state index >= 15 is 0 Å². The Morgan fingerprint density at radius 2 is 1.74 bits per heavy atom. The van der Waals surface area contributed by atoms with Gasteiger partial charge in [0, 0.05) is 13.1 Å². The SMILES string of the molecule is COc1ccccc1CCNC(=O)C(C)(C)C(=O)NCC(C)C. The number of hydrogen-bond acceptors (Lipinski definition) is 3. The summed E-state index contributed by atoms with van der Waals surface area (Å²) in [5.41, 5.74) is -0.0623. The molecule has 0 aliphatic carbocycles. The minimum atomic E-state index is -1.09. The standard InChI is InChI=1S/C18H28N2O3/c1-13(2)12-20-17(22)18(3,4)16(21)19-11-10-14-8-6-7-9-15(14)23-5/h6-9,13H,10-12H2,1-5H3,(H,19,21)(H,20,22). The van der Waals surface area contributed by atoms with Crippen LogP contribution in [0.1, 0.15) is 33.3 Å². The van der Waals surface area contributed by atoms with Crippen LogP contribution in [0.4, 0.5) is 0 Å². The highest BCUT2D eigenvalue weighted by atomic mass is 16.5. The predicted molar refractivity (Wildman–Crippen MR) is 91.3 cm³/mol. The molecule has 0 bridgehead atoms. The van der Waals surface area contributed by atoms with Crippen LogP contribution in [-0.2, 0) is 16.0 Å². The quantitative estimate of drug-likeness (QED) is 0.721. The zero-order chi connectivity index (χ0) is 17.5. The van der Waals surface area contributed by atoms with Gasteiger partial charge in [-0.3, -0.25) is 9.59 Å². The molecule has 5 heteroatoms. The molecule has 0 saturated heterocycles. The molecule has 0 aliphatic rings. The fourth-order valence-corrected chi connectivity index (χ4v) is 2.06. The number of benzene rings is 1. The van der Waals surface area contributed by atoms with Crippen molar-refractivity contribution in [1.82, 2.24) is 10.6 Å². The van der Waals surface area contributed by atoms with Crippen LogP contribution in [0.25, 0.3) is 0 Å². The van der Waals surface area contributed by atoms with Crippen molar-refractivity contribution >= 4 is 11.8 Å². The fraction of sp³-hybridized carbons (Fsp3) is 0.556. The second-order valence-electron chi connectivity index (χ2n) is 6.55. The molecule has 1 aromatic carbocycles. The number of hydrogen-bond donors (Lipinski definition) is 2. The van der Waals surface area contributed by atoms with Crippen molar-refractivity contribution in [3.8, 4) is 5.75 Å². The van der Waals surface area contributed by atoms with Crippen molar-refractivity contribution in [3.05, 3.63) is 29.8 Å². The molecular weight excluding hydrogens is 292 g/mol. The maximum Gasteiger partial charge on any atom is 0.235 e. The summed E-state index contributed by atoms with van der Waals surface area (Å²) < 4.78 is 5.29. The van der Waals surface area contributed by atoms with E-state index in [0.29, 0.717) is 25.4 Å². The van der Waals surface area contributed by atoms with E-state index in [-0.39, 0.29) is 11.8 Å². The van der Waals surface area contributed by atoms with Crippen molar-refractivity contribution in [3.63, 3.8) is 0 Å². The van der Waals surface area contributed by atoms with Crippen LogP contribution in [0.2, 0.25) is 0 Å². The summed E-state index contributed by atoms with van der Waals surface area (Å²) in [7, 11) is 1.62. The molecule has 0 spiro atoms. The Morgan fingerprint density at radius 3 is 2.35 bits per heavy atom. The highest BCUT2D eigenvalue weighted by Crippen LogP contribution is 2.18. The lowest BCUT2D eigenvalue weighted by molar-refractivity contribution is -0.141. The molecule has 0 radical (unpaired) electrons. The van der Waals surface area contributed by atoms with Gasteiger partial charge in [-0.2, -0.15) is 0 Å². The zero-order valence-corrected chi connectivity index (χ0v) is 14.7. The molecule has 2 amide bonds. The maximum absolute atomic E-state index is 12.3. The van der Waals surface area contributed by atoms with Crippen LogP contribution in [0.15, 0.2) is 24.3 Å². The van der Waals surface area contributed by atoms with E-state index in [0.717, 1.165) is 11.3 Å². The van der Waals surface area contributed by atoms with E-state index in [1.54, 1.807) is 21.0 Å². The van der Waals surface area contributed by atoms with Gasteiger partial charge in [-0.05, 0) is 37.8 Å². The van der Waals surface area contributed by atoms with Crippen molar-refractivity contribution in [1.29, 1.82) is 0 Å². The summed E-state index contributed by atoms with van der Waals surface area (Å²) in [5, 5.41) is 5.65. The van der Waals surface area contributed by atoms with Crippen LogP contribution in [0, 0.1) is 11.3 Å². The predicted octanol–water partition coefficient (Wildman–Crippen LogP) is 2.15. The molecule has 0 saturated carbocycles. The van der Waals surface area contributed by atoms with Crippen LogP contribution in [0.3, 0.4) is 0 Å². The van der Waals surface area contributed by atoms with Crippen molar-refractivity contribution in [2.24, 2.45) is 11.3 Å². The average molecular weight is 320 g/mol. The molecule has 1 rings (SSSR count). The second-order valence-corrected chi connectivity index (χ2v) is 6.55. The van der Waals surface area contributed by atoms with E-state index in [4.69, 9.17) is 4.74 Å². The van der Waals surface area contributed by atoms with Gasteiger partial charge in [0.05, 0.1) is 7.11 Å². The van der Waals surface area contributed by atoms with Crippen molar-refractivity contribution in [2.75, 3.05) is 20.2 Å². The third-order valence-corrected chi connectivity index (χ3v) is 3.68. The monoisotopic (exact) mass is 320 g/mol. The van der Waals surface area contributed by atoms with E-state index in [2.05, 4.69) is 10.6 Å². The minimum Gasteiger partial charge on any atom is -0.496 e. The number of rotatable bonds is 8. The van der Waals surface area contributed by atoms with Gasteiger partial charge in [-0.25, -0.2) is 0 Å². The van der Waals surface area contributed by atoms with Gasteiger partial charge in [-0.1, -0.05) is 32.0 Å². The number of methoxy groups -OCH3 is 1. The van der Waals surface area contributed by atoms with Gasteiger partial charge >= 0.3 is 0 Å². The normalized spacial score (nSPS) is 11.2. The van der Waals surface area contributed by atoms with Gasteiger partial charge < -0.3 is 15.4 Å². The Kier molecular flexibility index (Phi) is 7.07. The summed E-state index contributed by atoms with van der Waals surface area (Å²) in [4.78, 5) is 24.4. The average Bonchev–Trinajstić information content (AvgIpc) is 2.52. The molecule has 0 atom stereocenters. The van der Waals surface area contributed by atoms with Crippen molar-refractivity contribution < 1.29 is 14.3 Å². The molecule has 23 heavy (non-hydrogen) atoms. The van der Waals surface area contributed by atoms with Gasteiger partial charge in [0.2, 0.25) is 11.8 Å². The molecule has 0 fully saturated rings. The Labute approximate surface area is 138 Å². The molecule has 0 aliphatic heterocycles. The van der Waals surface area contributed by atoms with E-state index < -0.39 is 5.41 Å². The number of carbonyl (C=O) groups excluding carboxylic acids is 2. The lowest BCUT2D eigenvalue weighted by Gasteiger charge is -2.23. The summed E-state index contributed by atoms with van der Waals surface area (Å²) in [5.74, 6) is 0.633. The first-order valence-electron chi connectivity index (χ1n) is 7.97. The third kappa shape index (κ3) is 5.58. The Hall–Kier alpha value is -2.04. The lowest BCUT2D eigenvalue weighted by atomic mass is 9.90. The highest BCUT2D eigenvalue weighted by Gasteiger charge is 2.35. The van der Waals surface area contributed by atoms with Crippen LogP contribution >= 0.6 is 0 Å². The number of ether oxygens (including phenoxy) is 1. The van der Waals surface area contributed by atoms with Gasteiger partial charge in [0.1, 0.15) is 11.2 Å². The highest BCUT2D eigenvalue weighted by molar-refractivity contribution is 6.04. The number of para-hydroxylation sites is 1. The third-order valence-electron chi connectivity index (χ3n) is 3.68. The molecule has 0 aromatic heterocycles. The second kappa shape index (κ2) is 8.56. The van der Waals surface area contributed by atoms with E-state index in [9.17, 15) is 9.59 Å². The molecule has 1 aromatic rings. The Morgan fingerprint density at radius 1 is 1.13 bits per heavy atom. The van der Waals surface area contributed by atoms with E-state index in [1.165, 1.54) is 0 Å². The van der Waals surface area contributed by atoms with Crippen LogP contribution in [0.5, 0.6) is 5.75 Å². The largest absolute Gasteiger partial charge is 0.496 e. The number of amides is 2. The van der Waals surface area contributed by atoms with Gasteiger partial charge in [0.15, 0.2) is 0 Å². The Balaban J connectivity index is 2.53. The van der Waals surface area contributed by atoms with Crippen LogP contribution < -0.4 is 15.4 Å². The summed E-state index contributed by atoms with van der Waals surface area (Å²) in [6.07, 6.45) is 0.652. The van der Waals surface area contributed by atoms with Gasteiger partial charge in [-0.15, -0.1) is 0 Å². The van der Waals surface area contributed by atoms with Crippen molar-refractivity contribution in [2.45, 2.75) is 34.1 Å². The lowest BCUT2D eigenvalue weighted by Crippen LogP contribution is -2.48. The number of nitrogens with one attached hydrogen (secondary N) is 2. The van der Waals surface area contributed by atoms with Crippen LogP contribution in [-0.4, -0.2) is 32.0 Å². The first kappa shape index (κ1) is 19.0. The smallest absolute Gasteiger partial charge is 0.235 e. The van der Waals surface area contributed by atoms with Gasteiger partial charge in [0.25, 0.3) is 0 Å². The first-order valence-corrected chi connectivity index (χ1v) is 7.97.